The van der Waals surface area contributed by atoms with Crippen LogP contribution in [0.2, 0.25) is 0 Å². The fourth-order valence-corrected chi connectivity index (χ4v) is 2.48. The summed E-state index contributed by atoms with van der Waals surface area (Å²) in [5.74, 6) is -0.666. The molecule has 6 heteroatoms. The minimum Gasteiger partial charge on any atom is -0.481 e. The molecule has 1 saturated heterocycles. The van der Waals surface area contributed by atoms with Crippen molar-refractivity contribution >= 4 is 17.8 Å². The number of likely N-dealkylation sites (tertiary alicyclic amines) is 1. The van der Waals surface area contributed by atoms with E-state index in [-0.39, 0.29) is 30.2 Å². The Morgan fingerprint density at radius 2 is 1.67 bits per heavy atom. The highest BCUT2D eigenvalue weighted by Crippen LogP contribution is 2.32. The first-order valence-electron chi connectivity index (χ1n) is 7.61. The number of carboxylic acid groups (broad SMARTS) is 1. The van der Waals surface area contributed by atoms with E-state index >= 15 is 0 Å². The van der Waals surface area contributed by atoms with Crippen LogP contribution >= 0.6 is 0 Å². The number of carbonyl (C=O) groups is 3. The average molecular weight is 296 g/mol. The quantitative estimate of drug-likeness (QED) is 0.788. The molecule has 0 aromatic heterocycles. The molecule has 1 aliphatic carbocycles. The van der Waals surface area contributed by atoms with Gasteiger partial charge in [-0.1, -0.05) is 0 Å². The number of aliphatic carboxylic acids is 1. The van der Waals surface area contributed by atoms with E-state index in [0.717, 1.165) is 12.8 Å². The van der Waals surface area contributed by atoms with Gasteiger partial charge in [-0.15, -0.1) is 0 Å². The highest BCUT2D eigenvalue weighted by molar-refractivity contribution is 5.83. The summed E-state index contributed by atoms with van der Waals surface area (Å²) in [6, 6.07) is 0. The Morgan fingerprint density at radius 3 is 2.14 bits per heavy atom. The largest absolute Gasteiger partial charge is 0.481 e. The van der Waals surface area contributed by atoms with Crippen LogP contribution in [-0.4, -0.2) is 47.4 Å². The zero-order valence-electron chi connectivity index (χ0n) is 12.7. The van der Waals surface area contributed by atoms with Crippen molar-refractivity contribution in [1.82, 2.24) is 10.2 Å². The summed E-state index contributed by atoms with van der Waals surface area (Å²) in [5, 5.41) is 11.8. The van der Waals surface area contributed by atoms with E-state index < -0.39 is 11.4 Å². The maximum atomic E-state index is 12.1. The highest BCUT2D eigenvalue weighted by Gasteiger charge is 2.36. The molecule has 118 valence electrons. The molecule has 2 amide bonds. The third kappa shape index (κ3) is 3.95. The minimum atomic E-state index is -0.960. The Morgan fingerprint density at radius 1 is 1.10 bits per heavy atom. The number of hydrogen-bond donors (Lipinski definition) is 2. The second kappa shape index (κ2) is 6.03. The Kier molecular flexibility index (Phi) is 4.54. The normalized spacial score (nSPS) is 20.2. The summed E-state index contributed by atoms with van der Waals surface area (Å²) >= 11 is 0. The van der Waals surface area contributed by atoms with E-state index in [4.69, 9.17) is 5.11 Å². The van der Waals surface area contributed by atoms with Crippen molar-refractivity contribution in [2.75, 3.05) is 19.6 Å². The molecule has 2 fully saturated rings. The number of nitrogens with one attached hydrogen (secondary N) is 1. The van der Waals surface area contributed by atoms with Gasteiger partial charge in [-0.3, -0.25) is 14.4 Å². The topological polar surface area (TPSA) is 86.7 Å². The first-order valence-corrected chi connectivity index (χ1v) is 7.61. The summed E-state index contributed by atoms with van der Waals surface area (Å²) < 4.78 is 0. The van der Waals surface area contributed by atoms with Crippen LogP contribution in [0.1, 0.15) is 39.5 Å². The lowest BCUT2D eigenvalue weighted by molar-refractivity contribution is -0.147. The smallest absolute Gasteiger partial charge is 0.310 e. The predicted octanol–water partition coefficient (Wildman–Crippen LogP) is 0.862. The molecule has 0 radical (unpaired) electrons. The summed E-state index contributed by atoms with van der Waals surface area (Å²) in [6.45, 7) is 4.58. The highest BCUT2D eigenvalue weighted by atomic mass is 16.4. The van der Waals surface area contributed by atoms with E-state index in [2.05, 4.69) is 5.32 Å². The van der Waals surface area contributed by atoms with Gasteiger partial charge < -0.3 is 15.3 Å². The molecule has 2 rings (SSSR count). The molecule has 0 spiro atoms. The molecule has 2 N–H and O–H groups in total. The molecule has 0 aromatic rings. The van der Waals surface area contributed by atoms with E-state index in [1.807, 2.05) is 4.90 Å². The van der Waals surface area contributed by atoms with E-state index in [0.29, 0.717) is 25.9 Å². The van der Waals surface area contributed by atoms with Crippen LogP contribution in [0.5, 0.6) is 0 Å². The van der Waals surface area contributed by atoms with E-state index in [9.17, 15) is 14.4 Å². The first-order chi connectivity index (χ1) is 9.81. The standard InChI is InChI=1S/C15H24N2O4/c1-15(2,14(20)21)9-16-12(18)10-5-7-17(8-6-10)13(19)11-3-4-11/h10-11H,3-9H2,1-2H3,(H,16,18)(H,20,21). The van der Waals surface area contributed by atoms with Gasteiger partial charge in [0.25, 0.3) is 0 Å². The SMILES string of the molecule is CC(C)(CNC(=O)C1CCN(C(=O)C2CC2)CC1)C(=O)O. The molecule has 6 nitrogen and oxygen atoms in total. The van der Waals surface area contributed by atoms with Gasteiger partial charge >= 0.3 is 5.97 Å². The molecule has 1 heterocycles. The number of carboxylic acids is 1. The number of hydrogen-bond acceptors (Lipinski definition) is 3. The summed E-state index contributed by atoms with van der Waals surface area (Å²) in [7, 11) is 0. The van der Waals surface area contributed by atoms with Crippen molar-refractivity contribution in [2.45, 2.75) is 39.5 Å². The third-order valence-corrected chi connectivity index (χ3v) is 4.39. The Hall–Kier alpha value is -1.59. The average Bonchev–Trinajstić information content (AvgIpc) is 3.28. The van der Waals surface area contributed by atoms with Crippen molar-refractivity contribution in [2.24, 2.45) is 17.3 Å². The van der Waals surface area contributed by atoms with Crippen molar-refractivity contribution in [3.8, 4) is 0 Å². The van der Waals surface area contributed by atoms with Crippen LogP contribution in [0.3, 0.4) is 0 Å². The molecule has 0 aromatic carbocycles. The Labute approximate surface area is 124 Å². The molecule has 0 atom stereocenters. The third-order valence-electron chi connectivity index (χ3n) is 4.39. The van der Waals surface area contributed by atoms with Crippen molar-refractivity contribution in [3.63, 3.8) is 0 Å². The fraction of sp³-hybridized carbons (Fsp3) is 0.800. The Bertz CT molecular complexity index is 435. The van der Waals surface area contributed by atoms with E-state index in [1.165, 1.54) is 0 Å². The van der Waals surface area contributed by atoms with Gasteiger partial charge in [-0.25, -0.2) is 0 Å². The van der Waals surface area contributed by atoms with Gasteiger partial charge in [0, 0.05) is 31.5 Å². The molecular formula is C15H24N2O4. The summed E-state index contributed by atoms with van der Waals surface area (Å²) in [6.07, 6.45) is 3.34. The van der Waals surface area contributed by atoms with Gasteiger partial charge in [-0.05, 0) is 39.5 Å². The summed E-state index contributed by atoms with van der Waals surface area (Å²) in [4.78, 5) is 36.9. The molecule has 2 aliphatic rings. The predicted molar refractivity (Wildman–Crippen MR) is 76.5 cm³/mol. The number of nitrogens with zero attached hydrogens (tertiary/aromatic N) is 1. The second-order valence-corrected chi connectivity index (χ2v) is 6.78. The van der Waals surface area contributed by atoms with Gasteiger partial charge in [-0.2, -0.15) is 0 Å². The number of rotatable bonds is 5. The van der Waals surface area contributed by atoms with Crippen LogP contribution in [0.15, 0.2) is 0 Å². The lowest BCUT2D eigenvalue weighted by Crippen LogP contribution is -2.46. The number of amides is 2. The van der Waals surface area contributed by atoms with Crippen LogP contribution in [0.25, 0.3) is 0 Å². The Balaban J connectivity index is 1.75. The number of piperidine rings is 1. The molecule has 21 heavy (non-hydrogen) atoms. The molecule has 0 bridgehead atoms. The maximum Gasteiger partial charge on any atom is 0.310 e. The zero-order chi connectivity index (χ0) is 15.6. The van der Waals surface area contributed by atoms with Crippen LogP contribution in [0.4, 0.5) is 0 Å². The van der Waals surface area contributed by atoms with Crippen molar-refractivity contribution < 1.29 is 19.5 Å². The number of carbonyl (C=O) groups excluding carboxylic acids is 2. The molecule has 1 saturated carbocycles. The van der Waals surface area contributed by atoms with Crippen LogP contribution in [-0.2, 0) is 14.4 Å². The monoisotopic (exact) mass is 296 g/mol. The lowest BCUT2D eigenvalue weighted by atomic mass is 9.92. The van der Waals surface area contributed by atoms with Gasteiger partial charge in [0.05, 0.1) is 5.41 Å². The zero-order valence-corrected chi connectivity index (χ0v) is 12.7. The van der Waals surface area contributed by atoms with Crippen LogP contribution in [0, 0.1) is 17.3 Å². The first kappa shape index (κ1) is 15.8. The summed E-state index contributed by atoms with van der Waals surface area (Å²) in [5.41, 5.74) is -0.960. The maximum absolute atomic E-state index is 12.1. The fourth-order valence-electron chi connectivity index (χ4n) is 2.48. The van der Waals surface area contributed by atoms with E-state index in [1.54, 1.807) is 13.8 Å². The van der Waals surface area contributed by atoms with Crippen LogP contribution < -0.4 is 5.32 Å². The second-order valence-electron chi connectivity index (χ2n) is 6.78. The molecule has 1 aliphatic heterocycles. The van der Waals surface area contributed by atoms with Crippen molar-refractivity contribution in [1.29, 1.82) is 0 Å². The molecular weight excluding hydrogens is 272 g/mol. The minimum absolute atomic E-state index is 0.0946. The van der Waals surface area contributed by atoms with Gasteiger partial charge in [0.1, 0.15) is 0 Å². The van der Waals surface area contributed by atoms with Gasteiger partial charge in [0.15, 0.2) is 0 Å². The van der Waals surface area contributed by atoms with Gasteiger partial charge in [0.2, 0.25) is 11.8 Å². The molecule has 0 unspecified atom stereocenters. The lowest BCUT2D eigenvalue weighted by Gasteiger charge is -2.32. The van der Waals surface area contributed by atoms with Crippen molar-refractivity contribution in [3.05, 3.63) is 0 Å².